The molecule has 1 aliphatic heterocycles. The Bertz CT molecular complexity index is 620. The van der Waals surface area contributed by atoms with Crippen LogP contribution in [0.1, 0.15) is 1.43 Å². The molecule has 0 spiro atoms. The number of anilines is 2. The monoisotopic (exact) mass is 276 g/mol. The Balaban J connectivity index is 0.00000161. The van der Waals surface area contributed by atoms with E-state index in [1.54, 1.807) is 0 Å². The van der Waals surface area contributed by atoms with Gasteiger partial charge in [0.25, 0.3) is 0 Å². The van der Waals surface area contributed by atoms with Gasteiger partial charge < -0.3 is 15.4 Å². The summed E-state index contributed by atoms with van der Waals surface area (Å²) in [5.74, 6) is -0.406. The second-order valence-corrected chi connectivity index (χ2v) is 4.57. The van der Waals surface area contributed by atoms with Crippen LogP contribution in [0.2, 0.25) is 0 Å². The molecule has 2 aromatic rings. The highest BCUT2D eigenvalue weighted by Crippen LogP contribution is 2.26. The molecular formula is C14H17FN4O. The van der Waals surface area contributed by atoms with Crippen LogP contribution in [0, 0.1) is 5.82 Å². The third-order valence-corrected chi connectivity index (χ3v) is 3.26. The van der Waals surface area contributed by atoms with Gasteiger partial charge in [-0.3, -0.25) is 0 Å². The van der Waals surface area contributed by atoms with Crippen LogP contribution in [0.25, 0.3) is 11.3 Å². The number of nitrogens with zero attached hydrogens (tertiary/aromatic N) is 3. The first-order chi connectivity index (χ1) is 9.74. The molecule has 20 heavy (non-hydrogen) atoms. The van der Waals surface area contributed by atoms with Gasteiger partial charge in [0.05, 0.1) is 19.4 Å². The lowest BCUT2D eigenvalue weighted by atomic mass is 10.1. The van der Waals surface area contributed by atoms with E-state index in [9.17, 15) is 4.39 Å². The molecule has 5 nitrogen and oxygen atoms in total. The van der Waals surface area contributed by atoms with Crippen molar-refractivity contribution in [1.29, 1.82) is 0 Å². The van der Waals surface area contributed by atoms with E-state index in [2.05, 4.69) is 14.9 Å². The number of benzene rings is 1. The number of hydrogen-bond donors (Lipinski definition) is 1. The van der Waals surface area contributed by atoms with E-state index in [0.717, 1.165) is 25.0 Å². The van der Waals surface area contributed by atoms with Crippen LogP contribution >= 0.6 is 0 Å². The van der Waals surface area contributed by atoms with Crippen molar-refractivity contribution < 1.29 is 10.6 Å². The molecule has 0 bridgehead atoms. The minimum absolute atomic E-state index is 0. The van der Waals surface area contributed by atoms with E-state index < -0.39 is 5.82 Å². The molecule has 1 fully saturated rings. The maximum absolute atomic E-state index is 13.8. The minimum atomic E-state index is -0.474. The van der Waals surface area contributed by atoms with Crippen molar-refractivity contribution >= 4 is 11.6 Å². The van der Waals surface area contributed by atoms with Crippen molar-refractivity contribution in [1.82, 2.24) is 9.97 Å². The summed E-state index contributed by atoms with van der Waals surface area (Å²) in [7, 11) is 0. The Morgan fingerprint density at radius 2 is 2.10 bits per heavy atom. The smallest absolute Gasteiger partial charge is 0.220 e. The van der Waals surface area contributed by atoms with E-state index in [1.807, 2.05) is 24.3 Å². The molecule has 0 saturated carbocycles. The van der Waals surface area contributed by atoms with E-state index >= 15 is 0 Å². The highest BCUT2D eigenvalue weighted by molar-refractivity contribution is 5.66. The number of aromatic nitrogens is 2. The quantitative estimate of drug-likeness (QED) is 0.908. The molecule has 2 N–H and O–H groups in total. The van der Waals surface area contributed by atoms with E-state index in [0.29, 0.717) is 18.8 Å². The lowest BCUT2D eigenvalue weighted by Gasteiger charge is -2.29. The maximum Gasteiger partial charge on any atom is 0.220 e. The van der Waals surface area contributed by atoms with Crippen molar-refractivity contribution in [2.45, 2.75) is 0 Å². The molecule has 1 aliphatic rings. The predicted molar refractivity (Wildman–Crippen MR) is 77.0 cm³/mol. The van der Waals surface area contributed by atoms with Crippen LogP contribution in [-0.4, -0.2) is 36.3 Å². The first-order valence-corrected chi connectivity index (χ1v) is 6.45. The molecule has 0 atom stereocenters. The van der Waals surface area contributed by atoms with Crippen LogP contribution in [0.5, 0.6) is 0 Å². The van der Waals surface area contributed by atoms with Crippen LogP contribution in [0.4, 0.5) is 16.0 Å². The van der Waals surface area contributed by atoms with E-state index in [4.69, 9.17) is 10.5 Å². The SMILES string of the molecule is Nc1ncc(F)c(-c2cccc(N3CCOCC3)c2)n1.[HH]. The van der Waals surface area contributed by atoms with Crippen LogP contribution in [-0.2, 0) is 4.74 Å². The molecule has 0 amide bonds. The van der Waals surface area contributed by atoms with Crippen molar-refractivity contribution in [2.75, 3.05) is 36.9 Å². The summed E-state index contributed by atoms with van der Waals surface area (Å²) in [6.07, 6.45) is 1.10. The highest BCUT2D eigenvalue weighted by Gasteiger charge is 2.14. The third-order valence-electron chi connectivity index (χ3n) is 3.26. The molecule has 0 aliphatic carbocycles. The first kappa shape index (κ1) is 12.8. The van der Waals surface area contributed by atoms with Gasteiger partial charge in [0.15, 0.2) is 5.82 Å². The molecule has 0 radical (unpaired) electrons. The zero-order valence-corrected chi connectivity index (χ0v) is 10.9. The molecule has 0 unspecified atom stereocenters. The van der Waals surface area contributed by atoms with Gasteiger partial charge in [0, 0.05) is 25.8 Å². The Kier molecular flexibility index (Phi) is 3.47. The molecule has 1 aromatic carbocycles. The van der Waals surface area contributed by atoms with Gasteiger partial charge in [-0.15, -0.1) is 0 Å². The van der Waals surface area contributed by atoms with Gasteiger partial charge in [0.2, 0.25) is 5.95 Å². The number of halogens is 1. The van der Waals surface area contributed by atoms with Gasteiger partial charge in [-0.1, -0.05) is 12.1 Å². The number of rotatable bonds is 2. The Labute approximate surface area is 117 Å². The second-order valence-electron chi connectivity index (χ2n) is 4.57. The van der Waals surface area contributed by atoms with Gasteiger partial charge >= 0.3 is 0 Å². The Morgan fingerprint density at radius 1 is 1.30 bits per heavy atom. The maximum atomic E-state index is 13.8. The van der Waals surface area contributed by atoms with Crippen LogP contribution in [0.15, 0.2) is 30.5 Å². The average molecular weight is 276 g/mol. The zero-order chi connectivity index (χ0) is 13.9. The number of hydrogen-bond acceptors (Lipinski definition) is 5. The van der Waals surface area contributed by atoms with Crippen molar-refractivity contribution in [3.63, 3.8) is 0 Å². The van der Waals surface area contributed by atoms with Crippen molar-refractivity contribution in [2.24, 2.45) is 0 Å². The number of ether oxygens (including phenoxy) is 1. The molecule has 1 saturated heterocycles. The number of morpholine rings is 1. The summed E-state index contributed by atoms with van der Waals surface area (Å²) in [5.41, 5.74) is 7.48. The average Bonchev–Trinajstić information content (AvgIpc) is 2.51. The summed E-state index contributed by atoms with van der Waals surface area (Å²) in [6, 6.07) is 7.61. The fourth-order valence-electron chi connectivity index (χ4n) is 2.25. The third kappa shape index (κ3) is 2.55. The summed E-state index contributed by atoms with van der Waals surface area (Å²) in [5, 5.41) is 0. The normalized spacial score (nSPS) is 15.3. The van der Waals surface area contributed by atoms with Crippen molar-refractivity contribution in [3.05, 3.63) is 36.3 Å². The highest BCUT2D eigenvalue weighted by atomic mass is 19.1. The number of nitrogens with two attached hydrogens (primary N) is 1. The van der Waals surface area contributed by atoms with Gasteiger partial charge in [-0.2, -0.15) is 0 Å². The first-order valence-electron chi connectivity index (χ1n) is 6.45. The van der Waals surface area contributed by atoms with E-state index in [-0.39, 0.29) is 13.1 Å². The fourth-order valence-corrected chi connectivity index (χ4v) is 2.25. The van der Waals surface area contributed by atoms with Gasteiger partial charge in [-0.25, -0.2) is 14.4 Å². The minimum Gasteiger partial charge on any atom is -0.378 e. The lowest BCUT2D eigenvalue weighted by Crippen LogP contribution is -2.36. The molecular weight excluding hydrogens is 259 g/mol. The standard InChI is InChI=1S/C14H15FN4O.H2/c15-12-9-17-14(16)18-13(12)10-2-1-3-11(8-10)19-4-6-20-7-5-19;/h1-3,8-9H,4-7H2,(H2,16,17,18);1H. The summed E-state index contributed by atoms with van der Waals surface area (Å²) < 4.78 is 19.1. The van der Waals surface area contributed by atoms with E-state index in [1.165, 1.54) is 0 Å². The van der Waals surface area contributed by atoms with Gasteiger partial charge in [-0.05, 0) is 12.1 Å². The predicted octanol–water partition coefficient (Wildman–Crippen LogP) is 1.95. The Hall–Kier alpha value is -2.21. The zero-order valence-electron chi connectivity index (χ0n) is 10.9. The second kappa shape index (κ2) is 5.42. The molecule has 1 aromatic heterocycles. The largest absolute Gasteiger partial charge is 0.378 e. The summed E-state index contributed by atoms with van der Waals surface area (Å²) >= 11 is 0. The summed E-state index contributed by atoms with van der Waals surface area (Å²) in [6.45, 7) is 3.08. The molecule has 2 heterocycles. The van der Waals surface area contributed by atoms with Crippen molar-refractivity contribution in [3.8, 4) is 11.3 Å². The lowest BCUT2D eigenvalue weighted by molar-refractivity contribution is 0.122. The van der Waals surface area contributed by atoms with Gasteiger partial charge in [0.1, 0.15) is 5.69 Å². The Morgan fingerprint density at radius 3 is 2.90 bits per heavy atom. The topological polar surface area (TPSA) is 64.3 Å². The summed E-state index contributed by atoms with van der Waals surface area (Å²) in [4.78, 5) is 9.82. The fraction of sp³-hybridized carbons (Fsp3) is 0.286. The molecule has 6 heteroatoms. The number of nitrogen functional groups attached to an aromatic ring is 1. The molecule has 3 rings (SSSR count). The van der Waals surface area contributed by atoms with Crippen LogP contribution in [0.3, 0.4) is 0 Å². The van der Waals surface area contributed by atoms with Crippen LogP contribution < -0.4 is 10.6 Å². The molecule has 106 valence electrons.